The van der Waals surface area contributed by atoms with E-state index in [0.29, 0.717) is 17.6 Å². The van der Waals surface area contributed by atoms with Gasteiger partial charge in [0, 0.05) is 10.9 Å². The predicted molar refractivity (Wildman–Crippen MR) is 79.1 cm³/mol. The van der Waals surface area contributed by atoms with Crippen LogP contribution in [-0.2, 0) is 4.79 Å². The van der Waals surface area contributed by atoms with Crippen molar-refractivity contribution in [3.63, 3.8) is 0 Å². The maximum Gasteiger partial charge on any atom is 0.162 e. The number of hydrogen-bond acceptors (Lipinski definition) is 1. The van der Waals surface area contributed by atoms with Gasteiger partial charge in [-0.05, 0) is 60.9 Å². The fourth-order valence-corrected chi connectivity index (χ4v) is 3.75. The Labute approximate surface area is 119 Å². The minimum Gasteiger partial charge on any atom is -0.294 e. The Kier molecular flexibility index (Phi) is 3.74. The number of ketones is 1. The van der Waals surface area contributed by atoms with E-state index >= 15 is 0 Å². The average molecular weight is 275 g/mol. The third kappa shape index (κ3) is 2.76. The standard InChI is InChI=1S/C17H19ClO/c18-15-7-3-4-12(11-15)10-14-8-9-16(17(14)19)13-5-1-2-6-13/h3-4,7,10-11,13,16H,1-2,5-6,8-9H2/b14-10+. The van der Waals surface area contributed by atoms with E-state index in [1.807, 2.05) is 30.3 Å². The Morgan fingerprint density at radius 1 is 1.16 bits per heavy atom. The molecule has 1 unspecified atom stereocenters. The fraction of sp³-hybridized carbons (Fsp3) is 0.471. The van der Waals surface area contributed by atoms with Crippen molar-refractivity contribution in [3.8, 4) is 0 Å². The Morgan fingerprint density at radius 2 is 1.95 bits per heavy atom. The molecule has 2 aliphatic rings. The van der Waals surface area contributed by atoms with Crippen LogP contribution >= 0.6 is 11.6 Å². The monoisotopic (exact) mass is 274 g/mol. The lowest BCUT2D eigenvalue weighted by Crippen LogP contribution is -2.16. The van der Waals surface area contributed by atoms with Gasteiger partial charge < -0.3 is 0 Å². The highest BCUT2D eigenvalue weighted by atomic mass is 35.5. The van der Waals surface area contributed by atoms with Crippen LogP contribution < -0.4 is 0 Å². The van der Waals surface area contributed by atoms with E-state index in [4.69, 9.17) is 11.6 Å². The highest BCUT2D eigenvalue weighted by molar-refractivity contribution is 6.30. The van der Waals surface area contributed by atoms with Crippen molar-refractivity contribution in [2.75, 3.05) is 0 Å². The number of benzene rings is 1. The topological polar surface area (TPSA) is 17.1 Å². The molecule has 0 aliphatic heterocycles. The number of rotatable bonds is 2. The smallest absolute Gasteiger partial charge is 0.162 e. The minimum absolute atomic E-state index is 0.299. The van der Waals surface area contributed by atoms with Crippen LogP contribution in [0.1, 0.15) is 44.1 Å². The van der Waals surface area contributed by atoms with Gasteiger partial charge >= 0.3 is 0 Å². The zero-order chi connectivity index (χ0) is 13.2. The van der Waals surface area contributed by atoms with Crippen LogP contribution in [0.2, 0.25) is 5.02 Å². The van der Waals surface area contributed by atoms with Crippen molar-refractivity contribution < 1.29 is 4.79 Å². The van der Waals surface area contributed by atoms with Gasteiger partial charge in [-0.2, -0.15) is 0 Å². The highest BCUT2D eigenvalue weighted by Crippen LogP contribution is 2.40. The summed E-state index contributed by atoms with van der Waals surface area (Å²) in [6.07, 6.45) is 9.14. The summed E-state index contributed by atoms with van der Waals surface area (Å²) in [6, 6.07) is 7.73. The highest BCUT2D eigenvalue weighted by Gasteiger charge is 2.36. The second-order valence-electron chi connectivity index (χ2n) is 5.78. The van der Waals surface area contributed by atoms with Gasteiger partial charge in [0.15, 0.2) is 5.78 Å². The van der Waals surface area contributed by atoms with Crippen LogP contribution in [0, 0.1) is 11.8 Å². The molecule has 1 aromatic rings. The van der Waals surface area contributed by atoms with Gasteiger partial charge in [-0.15, -0.1) is 0 Å². The van der Waals surface area contributed by atoms with E-state index in [-0.39, 0.29) is 0 Å². The normalized spacial score (nSPS) is 26.5. The molecule has 100 valence electrons. The van der Waals surface area contributed by atoms with Crippen molar-refractivity contribution >= 4 is 23.5 Å². The number of allylic oxidation sites excluding steroid dienone is 1. The molecule has 0 saturated heterocycles. The fourth-order valence-electron chi connectivity index (χ4n) is 3.55. The molecule has 0 heterocycles. The number of halogens is 1. The Morgan fingerprint density at radius 3 is 2.68 bits per heavy atom. The van der Waals surface area contributed by atoms with E-state index in [9.17, 15) is 4.79 Å². The molecule has 2 heteroatoms. The third-order valence-corrected chi connectivity index (χ3v) is 4.77. The number of hydrogen-bond donors (Lipinski definition) is 0. The van der Waals surface area contributed by atoms with Crippen molar-refractivity contribution in [2.24, 2.45) is 11.8 Å². The largest absolute Gasteiger partial charge is 0.294 e. The molecule has 1 aromatic carbocycles. The van der Waals surface area contributed by atoms with Gasteiger partial charge in [0.05, 0.1) is 0 Å². The second-order valence-corrected chi connectivity index (χ2v) is 6.21. The molecule has 0 spiro atoms. The van der Waals surface area contributed by atoms with E-state index in [1.54, 1.807) is 0 Å². The molecule has 0 bridgehead atoms. The van der Waals surface area contributed by atoms with Gasteiger partial charge in [-0.3, -0.25) is 4.79 Å². The quantitative estimate of drug-likeness (QED) is 0.702. The first-order valence-electron chi connectivity index (χ1n) is 7.24. The second kappa shape index (κ2) is 5.50. The molecule has 0 radical (unpaired) electrons. The summed E-state index contributed by atoms with van der Waals surface area (Å²) in [5, 5.41) is 0.729. The van der Waals surface area contributed by atoms with E-state index in [0.717, 1.165) is 29.0 Å². The van der Waals surface area contributed by atoms with Crippen molar-refractivity contribution in [1.29, 1.82) is 0 Å². The summed E-state index contributed by atoms with van der Waals surface area (Å²) in [5.74, 6) is 1.34. The number of carbonyl (C=O) groups excluding carboxylic acids is 1. The lowest BCUT2D eigenvalue weighted by atomic mass is 9.88. The summed E-state index contributed by atoms with van der Waals surface area (Å²) < 4.78 is 0. The first-order chi connectivity index (χ1) is 9.24. The molecular formula is C17H19ClO. The molecule has 2 fully saturated rings. The Balaban J connectivity index is 1.77. The summed E-state index contributed by atoms with van der Waals surface area (Å²) in [6.45, 7) is 0. The molecule has 0 N–H and O–H groups in total. The molecule has 1 nitrogen and oxygen atoms in total. The SMILES string of the molecule is O=C1/C(=C/c2cccc(Cl)c2)CCC1C1CCCC1. The van der Waals surface area contributed by atoms with Crippen LogP contribution in [0.15, 0.2) is 29.8 Å². The van der Waals surface area contributed by atoms with Gasteiger partial charge in [0.25, 0.3) is 0 Å². The number of Topliss-reactive ketones (excluding diaryl/α,β-unsaturated/α-hetero) is 1. The van der Waals surface area contributed by atoms with E-state index in [1.165, 1.54) is 25.7 Å². The minimum atomic E-state index is 0.299. The maximum atomic E-state index is 12.5. The number of carbonyl (C=O) groups is 1. The third-order valence-electron chi connectivity index (χ3n) is 4.54. The van der Waals surface area contributed by atoms with Gasteiger partial charge in [-0.25, -0.2) is 0 Å². The lowest BCUT2D eigenvalue weighted by molar-refractivity contribution is -0.119. The zero-order valence-electron chi connectivity index (χ0n) is 11.1. The summed E-state index contributed by atoms with van der Waals surface area (Å²) in [7, 11) is 0. The molecule has 0 aromatic heterocycles. The van der Waals surface area contributed by atoms with Crippen LogP contribution in [-0.4, -0.2) is 5.78 Å². The molecule has 1 atom stereocenters. The molecule has 2 aliphatic carbocycles. The zero-order valence-corrected chi connectivity index (χ0v) is 11.8. The van der Waals surface area contributed by atoms with Gasteiger partial charge in [-0.1, -0.05) is 36.6 Å². The Bertz CT molecular complexity index is 512. The summed E-state index contributed by atoms with van der Waals surface area (Å²) in [5.41, 5.74) is 2.04. The van der Waals surface area contributed by atoms with Gasteiger partial charge in [0.1, 0.15) is 0 Å². The van der Waals surface area contributed by atoms with Crippen LogP contribution in [0.25, 0.3) is 6.08 Å². The molecule has 0 amide bonds. The van der Waals surface area contributed by atoms with Crippen LogP contribution in [0.4, 0.5) is 0 Å². The first-order valence-corrected chi connectivity index (χ1v) is 7.62. The average Bonchev–Trinajstić information content (AvgIpc) is 3.01. The molecule has 3 rings (SSSR count). The van der Waals surface area contributed by atoms with E-state index in [2.05, 4.69) is 0 Å². The first kappa shape index (κ1) is 12.9. The van der Waals surface area contributed by atoms with Crippen LogP contribution in [0.5, 0.6) is 0 Å². The maximum absolute atomic E-state index is 12.5. The van der Waals surface area contributed by atoms with E-state index < -0.39 is 0 Å². The lowest BCUT2D eigenvalue weighted by Gasteiger charge is -2.15. The van der Waals surface area contributed by atoms with Crippen LogP contribution in [0.3, 0.4) is 0 Å². The Hall–Kier alpha value is -1.08. The van der Waals surface area contributed by atoms with Gasteiger partial charge in [0.2, 0.25) is 0 Å². The summed E-state index contributed by atoms with van der Waals surface area (Å²) in [4.78, 5) is 12.5. The molecular weight excluding hydrogens is 256 g/mol. The molecule has 19 heavy (non-hydrogen) atoms. The van der Waals surface area contributed by atoms with Crippen molar-refractivity contribution in [3.05, 3.63) is 40.4 Å². The van der Waals surface area contributed by atoms with Crippen molar-refractivity contribution in [1.82, 2.24) is 0 Å². The van der Waals surface area contributed by atoms with Crippen molar-refractivity contribution in [2.45, 2.75) is 38.5 Å². The summed E-state index contributed by atoms with van der Waals surface area (Å²) >= 11 is 5.98. The molecule has 2 saturated carbocycles. The predicted octanol–water partition coefficient (Wildman–Crippen LogP) is 4.89.